The summed E-state index contributed by atoms with van der Waals surface area (Å²) in [5.41, 5.74) is 3.53. The van der Waals surface area contributed by atoms with Crippen LogP contribution in [0.2, 0.25) is 0 Å². The Bertz CT molecular complexity index is 1190. The van der Waals surface area contributed by atoms with Crippen molar-refractivity contribution in [3.8, 4) is 0 Å². The quantitative estimate of drug-likeness (QED) is 0.398. The molecule has 5 rings (SSSR count). The zero-order valence-corrected chi connectivity index (χ0v) is 18.9. The van der Waals surface area contributed by atoms with Crippen molar-refractivity contribution < 1.29 is 4.79 Å². The van der Waals surface area contributed by atoms with E-state index < -0.39 is 0 Å². The predicted octanol–water partition coefficient (Wildman–Crippen LogP) is 5.55. The number of benzene rings is 2. The molecule has 2 atom stereocenters. The summed E-state index contributed by atoms with van der Waals surface area (Å²) in [6, 6.07) is 19.3. The van der Waals surface area contributed by atoms with Gasteiger partial charge in [0.2, 0.25) is 0 Å². The van der Waals surface area contributed by atoms with Gasteiger partial charge in [-0.05, 0) is 59.7 Å². The number of pyridine rings is 1. The molecular formula is C25H23N3OS2. The Kier molecular flexibility index (Phi) is 5.83. The molecule has 6 heteroatoms. The zero-order valence-electron chi connectivity index (χ0n) is 17.2. The van der Waals surface area contributed by atoms with Crippen molar-refractivity contribution in [3.63, 3.8) is 0 Å². The maximum Gasteiger partial charge on any atom is 0.285 e. The maximum atomic E-state index is 12.4. The fourth-order valence-corrected chi connectivity index (χ4v) is 5.51. The molecule has 1 saturated carbocycles. The van der Waals surface area contributed by atoms with Gasteiger partial charge in [0.05, 0.1) is 10.4 Å². The Hall–Kier alpha value is -2.57. The van der Waals surface area contributed by atoms with Gasteiger partial charge in [-0.15, -0.1) is 11.8 Å². The van der Waals surface area contributed by atoms with Gasteiger partial charge in [0, 0.05) is 28.4 Å². The van der Waals surface area contributed by atoms with Crippen molar-refractivity contribution in [1.82, 2.24) is 10.3 Å². The van der Waals surface area contributed by atoms with Crippen molar-refractivity contribution in [2.24, 2.45) is 4.99 Å². The number of allylic oxidation sites excluding steroid dienone is 1. The maximum absolute atomic E-state index is 12.4. The Labute approximate surface area is 190 Å². The molecule has 3 aromatic rings. The number of thioether (sulfide) groups is 2. The molecule has 156 valence electrons. The van der Waals surface area contributed by atoms with E-state index in [9.17, 15) is 4.79 Å². The molecule has 0 saturated heterocycles. The molecule has 1 amide bonds. The van der Waals surface area contributed by atoms with Crippen LogP contribution in [0, 0.1) is 0 Å². The summed E-state index contributed by atoms with van der Waals surface area (Å²) in [4.78, 5) is 23.0. The fourth-order valence-electron chi connectivity index (χ4n) is 3.88. The van der Waals surface area contributed by atoms with Crippen LogP contribution in [0.25, 0.3) is 10.9 Å². The third-order valence-corrected chi connectivity index (χ3v) is 7.46. The summed E-state index contributed by atoms with van der Waals surface area (Å²) in [7, 11) is 0. The summed E-state index contributed by atoms with van der Waals surface area (Å²) in [6.07, 6.45) is 5.65. The molecule has 31 heavy (non-hydrogen) atoms. The summed E-state index contributed by atoms with van der Waals surface area (Å²) in [6.45, 7) is 2.16. The van der Waals surface area contributed by atoms with Crippen LogP contribution < -0.4 is 5.32 Å². The number of rotatable bonds is 6. The first-order valence-corrected chi connectivity index (χ1v) is 12.3. The highest BCUT2D eigenvalue weighted by Crippen LogP contribution is 2.41. The first-order valence-electron chi connectivity index (χ1n) is 10.5. The van der Waals surface area contributed by atoms with E-state index in [4.69, 9.17) is 0 Å². The molecule has 1 aliphatic carbocycles. The average Bonchev–Trinajstić information content (AvgIpc) is 3.47. The number of nitrogens with one attached hydrogen (secondary N) is 1. The number of carbonyl (C=O) groups is 1. The second kappa shape index (κ2) is 8.89. The summed E-state index contributed by atoms with van der Waals surface area (Å²) < 4.78 is 0. The molecule has 0 radical (unpaired) electrons. The molecule has 0 bridgehead atoms. The summed E-state index contributed by atoms with van der Waals surface area (Å²) in [5, 5.41) is 5.35. The molecule has 0 spiro atoms. The van der Waals surface area contributed by atoms with Crippen LogP contribution in [0.1, 0.15) is 30.4 Å². The third kappa shape index (κ3) is 4.55. The first kappa shape index (κ1) is 20.3. The lowest BCUT2D eigenvalue weighted by Crippen LogP contribution is -2.22. The number of fused-ring (bicyclic) bond motifs is 1. The van der Waals surface area contributed by atoms with E-state index in [0.29, 0.717) is 23.3 Å². The van der Waals surface area contributed by atoms with Gasteiger partial charge >= 0.3 is 0 Å². The highest BCUT2D eigenvalue weighted by molar-refractivity contribution is 8.18. The first-order chi connectivity index (χ1) is 15.2. The Balaban J connectivity index is 1.23. The SMILES string of the molecule is CCSc1ccnc2ccc(C/C=C3\SC(N[C@@H]4C[C@H]4c4ccccc4)=NC3=O)cc12. The lowest BCUT2D eigenvalue weighted by Gasteiger charge is -2.06. The lowest BCUT2D eigenvalue weighted by molar-refractivity contribution is -0.113. The van der Waals surface area contributed by atoms with Crippen LogP contribution in [-0.4, -0.2) is 27.9 Å². The second-order valence-corrected chi connectivity index (χ2v) is 10.0. The smallest absolute Gasteiger partial charge is 0.285 e. The molecule has 1 aliphatic heterocycles. The molecule has 2 aromatic carbocycles. The molecule has 4 nitrogen and oxygen atoms in total. The Morgan fingerprint density at radius 3 is 2.90 bits per heavy atom. The molecule has 1 fully saturated rings. The van der Waals surface area contributed by atoms with Gasteiger partial charge < -0.3 is 5.32 Å². The van der Waals surface area contributed by atoms with Gasteiger partial charge in [0.1, 0.15) is 0 Å². The van der Waals surface area contributed by atoms with E-state index in [1.54, 1.807) is 0 Å². The molecular weight excluding hydrogens is 422 g/mol. The minimum absolute atomic E-state index is 0.144. The summed E-state index contributed by atoms with van der Waals surface area (Å²) in [5.74, 6) is 1.39. The number of nitrogens with zero attached hydrogens (tertiary/aromatic N) is 2. The van der Waals surface area contributed by atoms with Crippen LogP contribution in [-0.2, 0) is 11.2 Å². The number of aliphatic imine (C=N–C) groups is 1. The monoisotopic (exact) mass is 445 g/mol. The van der Waals surface area contributed by atoms with E-state index in [1.807, 2.05) is 30.1 Å². The second-order valence-electron chi connectivity index (χ2n) is 7.69. The van der Waals surface area contributed by atoms with E-state index in [2.05, 4.69) is 70.7 Å². The third-order valence-electron chi connectivity index (χ3n) is 5.54. The Morgan fingerprint density at radius 2 is 2.06 bits per heavy atom. The average molecular weight is 446 g/mol. The van der Waals surface area contributed by atoms with Gasteiger partial charge in [-0.3, -0.25) is 9.78 Å². The standard InChI is InChI=1S/C25H23N3OS2/c1-2-30-22-12-13-26-20-10-8-16(14-19(20)22)9-11-23-24(29)28-25(31-23)27-21-15-18(21)17-6-4-3-5-7-17/h3-8,10-14,18,21H,2,9,15H2,1H3,(H,27,28,29)/b23-11-/t18-,21+/m0/s1. The number of amides is 1. The Morgan fingerprint density at radius 1 is 1.19 bits per heavy atom. The van der Waals surface area contributed by atoms with Gasteiger partial charge in [-0.2, -0.15) is 4.99 Å². The summed E-state index contributed by atoms with van der Waals surface area (Å²) >= 11 is 3.28. The number of carbonyl (C=O) groups excluding carboxylic acids is 1. The van der Waals surface area contributed by atoms with Crippen LogP contribution in [0.15, 0.2) is 81.7 Å². The van der Waals surface area contributed by atoms with Crippen molar-refractivity contribution >= 4 is 45.5 Å². The number of amidine groups is 1. The van der Waals surface area contributed by atoms with Crippen LogP contribution in [0.3, 0.4) is 0 Å². The van der Waals surface area contributed by atoms with Crippen LogP contribution in [0.5, 0.6) is 0 Å². The highest BCUT2D eigenvalue weighted by atomic mass is 32.2. The van der Waals surface area contributed by atoms with Gasteiger partial charge in [0.25, 0.3) is 5.91 Å². The van der Waals surface area contributed by atoms with E-state index in [0.717, 1.165) is 22.9 Å². The largest absolute Gasteiger partial charge is 0.361 e. The predicted molar refractivity (Wildman–Crippen MR) is 131 cm³/mol. The van der Waals surface area contributed by atoms with E-state index in [-0.39, 0.29) is 5.91 Å². The zero-order chi connectivity index (χ0) is 21.2. The van der Waals surface area contributed by atoms with Gasteiger partial charge in [-0.1, -0.05) is 49.4 Å². The van der Waals surface area contributed by atoms with Crippen molar-refractivity contribution in [1.29, 1.82) is 0 Å². The van der Waals surface area contributed by atoms with Gasteiger partial charge in [-0.25, -0.2) is 0 Å². The topological polar surface area (TPSA) is 54.4 Å². The van der Waals surface area contributed by atoms with Crippen molar-refractivity contribution in [3.05, 3.63) is 82.9 Å². The van der Waals surface area contributed by atoms with Gasteiger partial charge in [0.15, 0.2) is 5.17 Å². The normalized spacial score (nSPS) is 21.5. The lowest BCUT2D eigenvalue weighted by atomic mass is 10.1. The number of aromatic nitrogens is 1. The van der Waals surface area contributed by atoms with Crippen molar-refractivity contribution in [2.45, 2.75) is 36.6 Å². The van der Waals surface area contributed by atoms with E-state index in [1.165, 1.54) is 33.2 Å². The molecule has 1 aromatic heterocycles. The molecule has 0 unspecified atom stereocenters. The number of hydrogen-bond acceptors (Lipinski definition) is 5. The minimum atomic E-state index is -0.144. The molecule has 2 aliphatic rings. The van der Waals surface area contributed by atoms with Crippen LogP contribution in [0.4, 0.5) is 0 Å². The fraction of sp³-hybridized carbons (Fsp3) is 0.240. The minimum Gasteiger partial charge on any atom is -0.361 e. The van der Waals surface area contributed by atoms with Crippen LogP contribution >= 0.6 is 23.5 Å². The molecule has 2 heterocycles. The molecule has 1 N–H and O–H groups in total. The van der Waals surface area contributed by atoms with E-state index >= 15 is 0 Å². The highest BCUT2D eigenvalue weighted by Gasteiger charge is 2.40. The number of hydrogen-bond donors (Lipinski definition) is 1. The van der Waals surface area contributed by atoms with Crippen molar-refractivity contribution in [2.75, 3.05) is 5.75 Å².